The van der Waals surface area contributed by atoms with E-state index in [1.807, 2.05) is 0 Å². The highest BCUT2D eigenvalue weighted by molar-refractivity contribution is 7.97. The number of carbonyl (C=O) groups is 1. The third-order valence-corrected chi connectivity index (χ3v) is 11.4. The molecule has 0 radical (unpaired) electrons. The first-order valence-electron chi connectivity index (χ1n) is 15.2. The molecule has 4 bridgehead atoms. The molecule has 0 saturated heterocycles. The first-order valence-corrected chi connectivity index (χ1v) is 16.4. The lowest BCUT2D eigenvalue weighted by Crippen LogP contribution is -2.54. The lowest BCUT2D eigenvalue weighted by atomic mass is 9.49. The Morgan fingerprint density at radius 2 is 1.15 bits per heavy atom. The highest BCUT2D eigenvalue weighted by atomic mass is 32.2. The monoisotopic (exact) mass is 540 g/mol. The van der Waals surface area contributed by atoms with Gasteiger partial charge in [-0.05, 0) is 111 Å². The summed E-state index contributed by atoms with van der Waals surface area (Å²) in [6.45, 7) is 2.27. The summed E-state index contributed by atoms with van der Waals surface area (Å²) in [4.78, 5) is 15.3. The van der Waals surface area contributed by atoms with Gasteiger partial charge in [-0.2, -0.15) is 0 Å². The number of aryl methyl sites for hydroxylation is 1. The Morgan fingerprint density at radius 1 is 0.692 bits per heavy atom. The molecule has 3 heteroatoms. The molecule has 0 spiro atoms. The van der Waals surface area contributed by atoms with Crippen LogP contribution in [0.2, 0.25) is 0 Å². The van der Waals surface area contributed by atoms with Gasteiger partial charge in [0.15, 0.2) is 14.7 Å². The van der Waals surface area contributed by atoms with E-state index >= 15 is 0 Å². The van der Waals surface area contributed by atoms with E-state index in [0.717, 1.165) is 19.3 Å². The molecule has 4 saturated carbocycles. The molecular formula is C36H44O2S. The number of unbranched alkanes of at least 4 members (excludes halogenated alkanes) is 4. The number of carboxylic acid groups (broad SMARTS) is 1. The molecule has 206 valence electrons. The van der Waals surface area contributed by atoms with E-state index in [1.54, 1.807) is 0 Å². The molecular weight excluding hydrogens is 496 g/mol. The molecule has 3 aromatic carbocycles. The second kappa shape index (κ2) is 13.2. The number of carbonyl (C=O) groups excluding carboxylic acids is 1. The summed E-state index contributed by atoms with van der Waals surface area (Å²) in [6.07, 6.45) is 14.6. The van der Waals surface area contributed by atoms with Gasteiger partial charge in [-0.15, -0.1) is 0 Å². The van der Waals surface area contributed by atoms with Crippen molar-refractivity contribution >= 4 is 16.9 Å². The maximum absolute atomic E-state index is 11.1. The lowest BCUT2D eigenvalue weighted by molar-refractivity contribution is -0.327. The molecule has 4 aliphatic rings. The van der Waals surface area contributed by atoms with Crippen molar-refractivity contribution < 1.29 is 9.90 Å². The zero-order chi connectivity index (χ0) is 27.1. The Labute approximate surface area is 238 Å². The van der Waals surface area contributed by atoms with Crippen molar-refractivity contribution in [2.75, 3.05) is 0 Å². The fourth-order valence-electron chi connectivity index (χ4n) is 7.61. The summed E-state index contributed by atoms with van der Waals surface area (Å²) in [7, 11) is -0.0329. The van der Waals surface area contributed by atoms with Gasteiger partial charge < -0.3 is 9.90 Å². The zero-order valence-corrected chi connectivity index (χ0v) is 24.3. The maximum Gasteiger partial charge on any atom is 0.166 e. The van der Waals surface area contributed by atoms with Crippen molar-refractivity contribution in [3.8, 4) is 0 Å². The molecule has 4 fully saturated rings. The van der Waals surface area contributed by atoms with Crippen LogP contribution in [0.15, 0.2) is 99.6 Å². The number of benzene rings is 3. The second-order valence-electron chi connectivity index (χ2n) is 12.2. The maximum atomic E-state index is 11.1. The Kier molecular flexibility index (Phi) is 9.50. The fraction of sp³-hybridized carbons (Fsp3) is 0.472. The van der Waals surface area contributed by atoms with Gasteiger partial charge in [0.25, 0.3) is 0 Å². The number of rotatable bonds is 10. The summed E-state index contributed by atoms with van der Waals surface area (Å²) in [5.74, 6) is 1.38. The van der Waals surface area contributed by atoms with Crippen LogP contribution in [0.5, 0.6) is 0 Å². The molecule has 0 aliphatic heterocycles. The van der Waals surface area contributed by atoms with Crippen molar-refractivity contribution in [1.29, 1.82) is 0 Å². The smallest absolute Gasteiger partial charge is 0.166 e. The van der Waals surface area contributed by atoms with Crippen LogP contribution in [0.25, 0.3) is 0 Å². The van der Waals surface area contributed by atoms with Gasteiger partial charge in [-0.1, -0.05) is 81.1 Å². The van der Waals surface area contributed by atoms with Gasteiger partial charge in [0, 0.05) is 11.4 Å². The zero-order valence-electron chi connectivity index (χ0n) is 23.5. The Morgan fingerprint density at radius 3 is 1.62 bits per heavy atom. The predicted molar refractivity (Wildman–Crippen MR) is 160 cm³/mol. The van der Waals surface area contributed by atoms with Crippen molar-refractivity contribution in [2.45, 2.75) is 98.7 Å². The van der Waals surface area contributed by atoms with E-state index in [9.17, 15) is 9.90 Å². The molecule has 0 amide bonds. The Bertz CT molecular complexity index is 1100. The van der Waals surface area contributed by atoms with Crippen molar-refractivity contribution in [3.63, 3.8) is 0 Å². The van der Waals surface area contributed by atoms with Crippen LogP contribution in [0.1, 0.15) is 83.1 Å². The number of carboxylic acids is 1. The van der Waals surface area contributed by atoms with E-state index < -0.39 is 11.4 Å². The van der Waals surface area contributed by atoms with Crippen LogP contribution in [0.4, 0.5) is 0 Å². The minimum Gasteiger partial charge on any atom is -0.550 e. The van der Waals surface area contributed by atoms with E-state index in [2.05, 4.69) is 91.9 Å². The highest BCUT2D eigenvalue weighted by Crippen LogP contribution is 2.59. The van der Waals surface area contributed by atoms with E-state index in [-0.39, 0.29) is 10.9 Å². The summed E-state index contributed by atoms with van der Waals surface area (Å²) in [5.41, 5.74) is 1.07. The van der Waals surface area contributed by atoms with Crippen molar-refractivity contribution in [2.24, 2.45) is 23.2 Å². The second-order valence-corrected chi connectivity index (χ2v) is 14.3. The number of hydrogen-bond donors (Lipinski definition) is 0. The first kappa shape index (κ1) is 28.0. The standard InChI is InChI=1S/C25H29S.C11H16O2/c1-2-3-4-5-8-13-22-18-20-25(21-19-22)26(23-14-9-6-10-15-23)24-16-11-7-12-17-24;12-10(13)11-4-7-1-8(5-11)3-9(2-7)6-11/h6-7,9-12,14-21H,2-5,8,13H2,1H3;7-9H,1-6H2,(H,12,13)/q+1;/p-1. The van der Waals surface area contributed by atoms with E-state index in [1.165, 1.54) is 78.0 Å². The lowest BCUT2D eigenvalue weighted by Gasteiger charge is -2.57. The van der Waals surface area contributed by atoms with Gasteiger partial charge >= 0.3 is 0 Å². The van der Waals surface area contributed by atoms with Crippen molar-refractivity contribution in [1.82, 2.24) is 0 Å². The fourth-order valence-corrected chi connectivity index (χ4v) is 9.69. The molecule has 0 unspecified atom stereocenters. The van der Waals surface area contributed by atoms with E-state index in [0.29, 0.717) is 17.8 Å². The third-order valence-electron chi connectivity index (χ3n) is 9.16. The van der Waals surface area contributed by atoms with Gasteiger partial charge in [-0.25, -0.2) is 0 Å². The third kappa shape index (κ3) is 6.98. The molecule has 0 atom stereocenters. The summed E-state index contributed by atoms with van der Waals surface area (Å²) in [5, 5.41) is 11.1. The van der Waals surface area contributed by atoms with Gasteiger partial charge in [0.2, 0.25) is 0 Å². The van der Waals surface area contributed by atoms with Crippen LogP contribution >= 0.6 is 0 Å². The molecule has 4 aliphatic carbocycles. The molecule has 7 rings (SSSR count). The van der Waals surface area contributed by atoms with Crippen LogP contribution in [0.3, 0.4) is 0 Å². The Hall–Kier alpha value is -2.52. The molecule has 3 aromatic rings. The van der Waals surface area contributed by atoms with Crippen LogP contribution in [0, 0.1) is 23.2 Å². The predicted octanol–water partition coefficient (Wildman–Crippen LogP) is 8.25. The minimum absolute atomic E-state index is 0.0329. The SMILES string of the molecule is CCCCCCCc1ccc([S+](c2ccccc2)c2ccccc2)cc1.O=C([O-])C12CC3CC(CC(C3)C1)C2. The summed E-state index contributed by atoms with van der Waals surface area (Å²) >= 11 is 0. The van der Waals surface area contributed by atoms with Gasteiger partial charge in [0.1, 0.15) is 0 Å². The first-order chi connectivity index (χ1) is 19.1. The average molecular weight is 541 g/mol. The molecule has 39 heavy (non-hydrogen) atoms. The Balaban J connectivity index is 0.000000196. The summed E-state index contributed by atoms with van der Waals surface area (Å²) in [6, 6.07) is 31.1. The topological polar surface area (TPSA) is 40.1 Å². The highest BCUT2D eigenvalue weighted by Gasteiger charge is 2.51. The van der Waals surface area contributed by atoms with Crippen molar-refractivity contribution in [3.05, 3.63) is 90.5 Å². The number of aliphatic carboxylic acids is 1. The largest absolute Gasteiger partial charge is 0.550 e. The van der Waals surface area contributed by atoms with Crippen LogP contribution in [-0.2, 0) is 22.1 Å². The molecule has 2 nitrogen and oxygen atoms in total. The van der Waals surface area contributed by atoms with Gasteiger partial charge in [0.05, 0.1) is 10.9 Å². The normalized spacial score (nSPS) is 24.8. The molecule has 0 aromatic heterocycles. The average Bonchev–Trinajstić information content (AvgIpc) is 2.95. The van der Waals surface area contributed by atoms with Crippen LogP contribution in [-0.4, -0.2) is 5.97 Å². The van der Waals surface area contributed by atoms with Gasteiger partial charge in [-0.3, -0.25) is 0 Å². The van der Waals surface area contributed by atoms with Crippen LogP contribution < -0.4 is 5.11 Å². The molecule has 0 heterocycles. The minimum atomic E-state index is -0.758. The molecule has 0 N–H and O–H groups in total. The number of hydrogen-bond acceptors (Lipinski definition) is 2. The quantitative estimate of drug-likeness (QED) is 0.192. The van der Waals surface area contributed by atoms with E-state index in [4.69, 9.17) is 0 Å². The summed E-state index contributed by atoms with van der Waals surface area (Å²) < 4.78 is 0.